The third-order valence-corrected chi connectivity index (χ3v) is 1.46. The van der Waals surface area contributed by atoms with Crippen molar-refractivity contribution in [3.05, 3.63) is 17.0 Å². The molecule has 0 fully saturated rings. The van der Waals surface area contributed by atoms with Crippen LogP contribution in [0.15, 0.2) is 10.7 Å². The van der Waals surface area contributed by atoms with Crippen LogP contribution >= 0.6 is 11.6 Å². The molecule has 0 unspecified atom stereocenters. The number of hydrogen-bond acceptors (Lipinski definition) is 2. The number of halogens is 1. The summed E-state index contributed by atoms with van der Waals surface area (Å²) in [4.78, 5) is 0. The van der Waals surface area contributed by atoms with Crippen molar-refractivity contribution in [1.82, 2.24) is 5.16 Å². The van der Waals surface area contributed by atoms with Crippen LogP contribution in [0.1, 0.15) is 25.3 Å². The summed E-state index contributed by atoms with van der Waals surface area (Å²) in [5, 5.41) is 3.94. The first-order valence-corrected chi connectivity index (χ1v) is 3.19. The Bertz CT molecular complexity index is 195. The van der Waals surface area contributed by atoms with E-state index in [9.17, 15) is 0 Å². The van der Waals surface area contributed by atoms with Gasteiger partial charge in [0.15, 0.2) is 0 Å². The highest BCUT2D eigenvalue weighted by Gasteiger charge is 2.07. The second-order valence-electron chi connectivity index (χ2n) is 2.21. The minimum atomic E-state index is 0.392. The van der Waals surface area contributed by atoms with E-state index < -0.39 is 0 Å². The van der Waals surface area contributed by atoms with E-state index in [2.05, 4.69) is 9.68 Å². The van der Waals surface area contributed by atoms with E-state index in [0.717, 1.165) is 5.56 Å². The van der Waals surface area contributed by atoms with Crippen LogP contribution in [0.2, 0.25) is 5.22 Å². The standard InChI is InChI=1S/C6H8ClNO/c1-4(2)5-3-8-9-6(5)7/h3-4H,1-2H3. The van der Waals surface area contributed by atoms with Gasteiger partial charge in [0.2, 0.25) is 5.22 Å². The summed E-state index contributed by atoms with van der Waals surface area (Å²) in [6.07, 6.45) is 1.65. The summed E-state index contributed by atoms with van der Waals surface area (Å²) in [6, 6.07) is 0. The summed E-state index contributed by atoms with van der Waals surface area (Å²) in [5.41, 5.74) is 0.969. The smallest absolute Gasteiger partial charge is 0.229 e. The van der Waals surface area contributed by atoms with Gasteiger partial charge in [-0.2, -0.15) is 0 Å². The van der Waals surface area contributed by atoms with Crippen LogP contribution in [0.3, 0.4) is 0 Å². The molecule has 50 valence electrons. The first-order valence-electron chi connectivity index (χ1n) is 2.82. The summed E-state index contributed by atoms with van der Waals surface area (Å²) in [5.74, 6) is 0.392. The van der Waals surface area contributed by atoms with E-state index in [-0.39, 0.29) is 0 Å². The van der Waals surface area contributed by atoms with Crippen molar-refractivity contribution in [2.24, 2.45) is 0 Å². The van der Waals surface area contributed by atoms with Crippen molar-refractivity contribution in [1.29, 1.82) is 0 Å². The van der Waals surface area contributed by atoms with Crippen molar-refractivity contribution in [2.75, 3.05) is 0 Å². The molecule has 3 heteroatoms. The van der Waals surface area contributed by atoms with Crippen LogP contribution in [-0.2, 0) is 0 Å². The SMILES string of the molecule is CC(C)c1cnoc1Cl. The van der Waals surface area contributed by atoms with E-state index in [1.807, 2.05) is 13.8 Å². The fourth-order valence-electron chi connectivity index (χ4n) is 0.609. The predicted octanol–water partition coefficient (Wildman–Crippen LogP) is 2.45. The minimum Gasteiger partial charge on any atom is -0.344 e. The van der Waals surface area contributed by atoms with Gasteiger partial charge in [0.25, 0.3) is 0 Å². The normalized spacial score (nSPS) is 10.7. The molecule has 0 atom stereocenters. The zero-order chi connectivity index (χ0) is 6.85. The Kier molecular flexibility index (Phi) is 1.76. The van der Waals surface area contributed by atoms with Crippen molar-refractivity contribution in [2.45, 2.75) is 19.8 Å². The lowest BCUT2D eigenvalue weighted by atomic mass is 10.1. The topological polar surface area (TPSA) is 26.0 Å². The van der Waals surface area contributed by atoms with Gasteiger partial charge in [-0.25, -0.2) is 0 Å². The molecule has 1 aromatic heterocycles. The lowest BCUT2D eigenvalue weighted by molar-refractivity contribution is 0.420. The summed E-state index contributed by atoms with van der Waals surface area (Å²) >= 11 is 5.61. The average molecular weight is 146 g/mol. The van der Waals surface area contributed by atoms with Gasteiger partial charge in [-0.3, -0.25) is 0 Å². The van der Waals surface area contributed by atoms with Gasteiger partial charge in [0.05, 0.1) is 6.20 Å². The largest absolute Gasteiger partial charge is 0.344 e. The third-order valence-electron chi connectivity index (χ3n) is 1.17. The number of nitrogens with zero attached hydrogens (tertiary/aromatic N) is 1. The molecule has 0 amide bonds. The quantitative estimate of drug-likeness (QED) is 0.607. The Morgan fingerprint density at radius 3 is 2.56 bits per heavy atom. The maximum atomic E-state index is 5.61. The summed E-state index contributed by atoms with van der Waals surface area (Å²) in [7, 11) is 0. The van der Waals surface area contributed by atoms with E-state index in [1.165, 1.54) is 0 Å². The Morgan fingerprint density at radius 1 is 1.67 bits per heavy atom. The molecule has 0 saturated heterocycles. The highest BCUT2D eigenvalue weighted by molar-refractivity contribution is 6.29. The van der Waals surface area contributed by atoms with E-state index in [1.54, 1.807) is 6.20 Å². The molecule has 1 rings (SSSR count). The lowest BCUT2D eigenvalue weighted by Gasteiger charge is -1.96. The maximum Gasteiger partial charge on any atom is 0.229 e. The molecule has 2 nitrogen and oxygen atoms in total. The Balaban J connectivity index is 2.94. The van der Waals surface area contributed by atoms with Gasteiger partial charge >= 0.3 is 0 Å². The first-order chi connectivity index (χ1) is 4.22. The minimum absolute atomic E-state index is 0.392. The first kappa shape index (κ1) is 6.62. The molecule has 0 aliphatic rings. The van der Waals surface area contributed by atoms with Gasteiger partial charge < -0.3 is 4.52 Å². The molecule has 0 bridgehead atoms. The molecule has 0 radical (unpaired) electrons. The van der Waals surface area contributed by atoms with Crippen molar-refractivity contribution >= 4 is 11.6 Å². The molecular formula is C6H8ClNO. The fourth-order valence-corrected chi connectivity index (χ4v) is 0.916. The van der Waals surface area contributed by atoms with Crippen LogP contribution < -0.4 is 0 Å². The Morgan fingerprint density at radius 2 is 2.33 bits per heavy atom. The van der Waals surface area contributed by atoms with E-state index in [4.69, 9.17) is 11.6 Å². The number of hydrogen-bond donors (Lipinski definition) is 0. The van der Waals surface area contributed by atoms with E-state index in [0.29, 0.717) is 11.1 Å². The summed E-state index contributed by atoms with van der Waals surface area (Å²) in [6.45, 7) is 4.08. The van der Waals surface area contributed by atoms with Gasteiger partial charge in [0, 0.05) is 5.56 Å². The van der Waals surface area contributed by atoms with Gasteiger partial charge in [0.1, 0.15) is 0 Å². The number of rotatable bonds is 1. The van der Waals surface area contributed by atoms with Crippen LogP contribution in [0.5, 0.6) is 0 Å². The number of aromatic nitrogens is 1. The summed E-state index contributed by atoms with van der Waals surface area (Å²) < 4.78 is 4.64. The van der Waals surface area contributed by atoms with Crippen molar-refractivity contribution in [3.63, 3.8) is 0 Å². The second-order valence-corrected chi connectivity index (χ2v) is 2.55. The maximum absolute atomic E-state index is 5.61. The van der Waals surface area contributed by atoms with E-state index >= 15 is 0 Å². The van der Waals surface area contributed by atoms with Crippen LogP contribution in [0.25, 0.3) is 0 Å². The van der Waals surface area contributed by atoms with Crippen LogP contribution in [-0.4, -0.2) is 5.16 Å². The van der Waals surface area contributed by atoms with Crippen molar-refractivity contribution in [3.8, 4) is 0 Å². The Labute approximate surface area is 58.8 Å². The predicted molar refractivity (Wildman–Crippen MR) is 35.6 cm³/mol. The van der Waals surface area contributed by atoms with Crippen LogP contribution in [0, 0.1) is 0 Å². The zero-order valence-electron chi connectivity index (χ0n) is 5.39. The fraction of sp³-hybridized carbons (Fsp3) is 0.500. The molecule has 0 spiro atoms. The Hall–Kier alpha value is -0.500. The lowest BCUT2D eigenvalue weighted by Crippen LogP contribution is -1.82. The average Bonchev–Trinajstić information content (AvgIpc) is 2.13. The van der Waals surface area contributed by atoms with Crippen molar-refractivity contribution < 1.29 is 4.52 Å². The monoisotopic (exact) mass is 145 g/mol. The molecule has 9 heavy (non-hydrogen) atoms. The third kappa shape index (κ3) is 1.24. The molecule has 0 aliphatic carbocycles. The molecular weight excluding hydrogens is 138 g/mol. The second kappa shape index (κ2) is 2.40. The molecule has 1 aromatic rings. The highest BCUT2D eigenvalue weighted by atomic mass is 35.5. The van der Waals surface area contributed by atoms with Gasteiger partial charge in [-0.15, -0.1) is 0 Å². The zero-order valence-corrected chi connectivity index (χ0v) is 6.14. The molecule has 1 heterocycles. The molecule has 0 saturated carbocycles. The van der Waals surface area contributed by atoms with Gasteiger partial charge in [-0.1, -0.05) is 19.0 Å². The molecule has 0 aliphatic heterocycles. The molecule has 0 N–H and O–H groups in total. The van der Waals surface area contributed by atoms with Crippen LogP contribution in [0.4, 0.5) is 0 Å². The molecule has 0 aromatic carbocycles. The van der Waals surface area contributed by atoms with Gasteiger partial charge in [-0.05, 0) is 17.5 Å². The highest BCUT2D eigenvalue weighted by Crippen LogP contribution is 2.22.